The monoisotopic (exact) mass is 262 g/mol. The van der Waals surface area contributed by atoms with E-state index in [1.54, 1.807) is 11.3 Å². The highest BCUT2D eigenvalue weighted by Crippen LogP contribution is 2.22. The predicted molar refractivity (Wildman–Crippen MR) is 76.7 cm³/mol. The number of aromatic nitrogens is 1. The molecule has 1 aromatic heterocycles. The third-order valence-corrected chi connectivity index (χ3v) is 3.65. The molecular formula is C13H18N4S. The van der Waals surface area contributed by atoms with E-state index in [4.69, 9.17) is 5.84 Å². The summed E-state index contributed by atoms with van der Waals surface area (Å²) in [4.78, 5) is 6.38. The summed E-state index contributed by atoms with van der Waals surface area (Å²) in [6, 6.07) is 8.47. The second-order valence-corrected chi connectivity index (χ2v) is 5.32. The Morgan fingerprint density at radius 2 is 2.28 bits per heavy atom. The molecule has 1 aromatic carbocycles. The van der Waals surface area contributed by atoms with Crippen LogP contribution in [0.25, 0.3) is 0 Å². The average Bonchev–Trinajstić information content (AvgIpc) is 2.89. The number of hydrogen-bond acceptors (Lipinski definition) is 5. The van der Waals surface area contributed by atoms with Crippen LogP contribution < -0.4 is 16.2 Å². The second-order valence-electron chi connectivity index (χ2n) is 4.34. The molecule has 0 bridgehead atoms. The summed E-state index contributed by atoms with van der Waals surface area (Å²) in [5.74, 6) is 5.66. The minimum absolute atomic E-state index is 0.0936. The maximum absolute atomic E-state index is 5.66. The highest BCUT2D eigenvalue weighted by Gasteiger charge is 2.12. The number of benzene rings is 1. The Labute approximate surface area is 111 Å². The predicted octanol–water partition coefficient (Wildman–Crippen LogP) is 1.96. The summed E-state index contributed by atoms with van der Waals surface area (Å²) in [5.41, 5.74) is 5.22. The fraction of sp³-hybridized carbons (Fsp3) is 0.308. The molecule has 0 aliphatic carbocycles. The molecule has 0 spiro atoms. The third-order valence-electron chi connectivity index (χ3n) is 2.85. The fourth-order valence-corrected chi connectivity index (χ4v) is 2.48. The molecule has 0 amide bonds. The van der Waals surface area contributed by atoms with Crippen LogP contribution in [0.5, 0.6) is 0 Å². The molecule has 0 aliphatic rings. The normalized spacial score (nSPS) is 12.4. The smallest absolute Gasteiger partial charge is 0.0944 e. The van der Waals surface area contributed by atoms with E-state index >= 15 is 0 Å². The molecule has 0 aliphatic heterocycles. The SMILES string of the molecule is CN(C)c1cccc(C(Cc2nccs2)NN)c1. The fourth-order valence-electron chi connectivity index (χ4n) is 1.82. The lowest BCUT2D eigenvalue weighted by atomic mass is 10.0. The number of hydrogen-bond donors (Lipinski definition) is 2. The molecule has 0 saturated carbocycles. The second kappa shape index (κ2) is 5.95. The number of nitrogens with two attached hydrogens (primary N) is 1. The van der Waals surface area contributed by atoms with Gasteiger partial charge in [0.25, 0.3) is 0 Å². The van der Waals surface area contributed by atoms with Gasteiger partial charge in [-0.15, -0.1) is 11.3 Å². The molecule has 4 nitrogen and oxygen atoms in total. The van der Waals surface area contributed by atoms with Gasteiger partial charge in [0.05, 0.1) is 11.0 Å². The van der Waals surface area contributed by atoms with E-state index < -0.39 is 0 Å². The largest absolute Gasteiger partial charge is 0.378 e. The standard InChI is InChI=1S/C13H18N4S/c1-17(2)11-5-3-4-10(8-11)12(16-14)9-13-15-6-7-18-13/h3-8,12,16H,9,14H2,1-2H3. The van der Waals surface area contributed by atoms with Gasteiger partial charge in [-0.25, -0.2) is 4.98 Å². The summed E-state index contributed by atoms with van der Waals surface area (Å²) in [5, 5.41) is 3.08. The minimum Gasteiger partial charge on any atom is -0.378 e. The average molecular weight is 262 g/mol. The maximum atomic E-state index is 5.66. The van der Waals surface area contributed by atoms with Gasteiger partial charge in [0.2, 0.25) is 0 Å². The van der Waals surface area contributed by atoms with Crippen molar-refractivity contribution in [3.05, 3.63) is 46.4 Å². The molecular weight excluding hydrogens is 244 g/mol. The van der Waals surface area contributed by atoms with Crippen LogP contribution in [0.15, 0.2) is 35.8 Å². The Hall–Kier alpha value is -1.43. The first kappa shape index (κ1) is 13.0. The Bertz CT molecular complexity index is 481. The number of nitrogens with zero attached hydrogens (tertiary/aromatic N) is 2. The first-order chi connectivity index (χ1) is 8.70. The van der Waals surface area contributed by atoms with Crippen molar-refractivity contribution >= 4 is 17.0 Å². The summed E-state index contributed by atoms with van der Waals surface area (Å²) < 4.78 is 0. The maximum Gasteiger partial charge on any atom is 0.0944 e. The van der Waals surface area contributed by atoms with Crippen molar-refractivity contribution in [3.8, 4) is 0 Å². The van der Waals surface area contributed by atoms with Gasteiger partial charge >= 0.3 is 0 Å². The Kier molecular flexibility index (Phi) is 4.30. The molecule has 1 heterocycles. The lowest BCUT2D eigenvalue weighted by molar-refractivity contribution is 0.551. The Balaban J connectivity index is 2.19. The highest BCUT2D eigenvalue weighted by atomic mass is 32.1. The lowest BCUT2D eigenvalue weighted by Crippen LogP contribution is -2.29. The van der Waals surface area contributed by atoms with E-state index in [0.29, 0.717) is 0 Å². The van der Waals surface area contributed by atoms with E-state index in [2.05, 4.69) is 39.6 Å². The number of anilines is 1. The van der Waals surface area contributed by atoms with Crippen molar-refractivity contribution < 1.29 is 0 Å². The molecule has 1 atom stereocenters. The van der Waals surface area contributed by atoms with Crippen molar-refractivity contribution in [1.29, 1.82) is 0 Å². The molecule has 0 saturated heterocycles. The van der Waals surface area contributed by atoms with Crippen LogP contribution in [-0.4, -0.2) is 19.1 Å². The topological polar surface area (TPSA) is 54.2 Å². The van der Waals surface area contributed by atoms with Crippen LogP contribution in [0, 0.1) is 0 Å². The van der Waals surface area contributed by atoms with E-state index in [1.165, 1.54) is 11.3 Å². The van der Waals surface area contributed by atoms with Crippen LogP contribution >= 0.6 is 11.3 Å². The van der Waals surface area contributed by atoms with E-state index in [1.807, 2.05) is 25.7 Å². The van der Waals surface area contributed by atoms with E-state index in [0.717, 1.165) is 11.4 Å². The van der Waals surface area contributed by atoms with Gasteiger partial charge in [0, 0.05) is 37.8 Å². The number of nitrogens with one attached hydrogen (secondary N) is 1. The zero-order valence-corrected chi connectivity index (χ0v) is 11.4. The van der Waals surface area contributed by atoms with Gasteiger partial charge in [0.1, 0.15) is 0 Å². The molecule has 3 N–H and O–H groups in total. The molecule has 2 rings (SSSR count). The van der Waals surface area contributed by atoms with Crippen molar-refractivity contribution in [3.63, 3.8) is 0 Å². The Morgan fingerprint density at radius 1 is 1.44 bits per heavy atom. The summed E-state index contributed by atoms with van der Waals surface area (Å²) in [6.45, 7) is 0. The van der Waals surface area contributed by atoms with Crippen LogP contribution in [-0.2, 0) is 6.42 Å². The van der Waals surface area contributed by atoms with Crippen molar-refractivity contribution in [2.75, 3.05) is 19.0 Å². The molecule has 1 unspecified atom stereocenters. The van der Waals surface area contributed by atoms with Gasteiger partial charge in [-0.05, 0) is 17.7 Å². The highest BCUT2D eigenvalue weighted by molar-refractivity contribution is 7.09. The van der Waals surface area contributed by atoms with Crippen LogP contribution in [0.1, 0.15) is 16.6 Å². The molecule has 5 heteroatoms. The first-order valence-electron chi connectivity index (χ1n) is 5.82. The first-order valence-corrected chi connectivity index (χ1v) is 6.70. The van der Waals surface area contributed by atoms with Gasteiger partial charge in [-0.3, -0.25) is 11.3 Å². The van der Waals surface area contributed by atoms with Crippen LogP contribution in [0.3, 0.4) is 0 Å². The quantitative estimate of drug-likeness (QED) is 0.639. The van der Waals surface area contributed by atoms with Gasteiger partial charge in [-0.2, -0.15) is 0 Å². The van der Waals surface area contributed by atoms with Gasteiger partial charge in [-0.1, -0.05) is 12.1 Å². The molecule has 96 valence electrons. The molecule has 2 aromatic rings. The van der Waals surface area contributed by atoms with Gasteiger partial charge in [0.15, 0.2) is 0 Å². The molecule has 0 fully saturated rings. The van der Waals surface area contributed by atoms with E-state index in [-0.39, 0.29) is 6.04 Å². The minimum atomic E-state index is 0.0936. The number of thiazole rings is 1. The zero-order chi connectivity index (χ0) is 13.0. The lowest BCUT2D eigenvalue weighted by Gasteiger charge is -2.18. The van der Waals surface area contributed by atoms with Crippen molar-refractivity contribution in [1.82, 2.24) is 10.4 Å². The Morgan fingerprint density at radius 3 is 2.89 bits per heavy atom. The molecule has 18 heavy (non-hydrogen) atoms. The summed E-state index contributed by atoms with van der Waals surface area (Å²) in [7, 11) is 4.07. The molecule has 0 radical (unpaired) electrons. The van der Waals surface area contributed by atoms with Crippen molar-refractivity contribution in [2.45, 2.75) is 12.5 Å². The zero-order valence-electron chi connectivity index (χ0n) is 10.6. The van der Waals surface area contributed by atoms with Crippen LogP contribution in [0.4, 0.5) is 5.69 Å². The van der Waals surface area contributed by atoms with Gasteiger partial charge < -0.3 is 4.90 Å². The van der Waals surface area contributed by atoms with E-state index in [9.17, 15) is 0 Å². The van der Waals surface area contributed by atoms with Crippen molar-refractivity contribution in [2.24, 2.45) is 5.84 Å². The number of hydrazine groups is 1. The third kappa shape index (κ3) is 3.07. The number of rotatable bonds is 5. The summed E-state index contributed by atoms with van der Waals surface area (Å²) >= 11 is 1.65. The van der Waals surface area contributed by atoms with Crippen LogP contribution in [0.2, 0.25) is 0 Å². The summed E-state index contributed by atoms with van der Waals surface area (Å²) in [6.07, 6.45) is 2.63.